The van der Waals surface area contributed by atoms with Crippen LogP contribution in [-0.2, 0) is 4.84 Å². The summed E-state index contributed by atoms with van der Waals surface area (Å²) in [5.74, 6) is 6.25. The molecule has 1 aliphatic carbocycles. The molecule has 0 saturated carbocycles. The van der Waals surface area contributed by atoms with Gasteiger partial charge in [0.25, 0.3) is 5.91 Å². The average Bonchev–Trinajstić information content (AvgIpc) is 3.62. The van der Waals surface area contributed by atoms with E-state index in [2.05, 4.69) is 20.2 Å². The molecule has 184 valence electrons. The molecule has 2 aliphatic rings. The molecule has 0 spiro atoms. The number of furan rings is 1. The molecule has 1 saturated heterocycles. The summed E-state index contributed by atoms with van der Waals surface area (Å²) in [4.78, 5) is 28.5. The van der Waals surface area contributed by atoms with Crippen molar-refractivity contribution in [1.82, 2.24) is 9.97 Å². The smallest absolute Gasteiger partial charge is 0.293 e. The molecular formula is C27H27N5O4. The molecule has 1 aliphatic heterocycles. The van der Waals surface area contributed by atoms with E-state index in [1.165, 1.54) is 6.26 Å². The zero-order valence-corrected chi connectivity index (χ0v) is 19.6. The summed E-state index contributed by atoms with van der Waals surface area (Å²) in [5, 5.41) is 12.4. The largest absolute Gasteiger partial charge is 0.459 e. The number of rotatable bonds is 7. The first kappa shape index (κ1) is 23.5. The number of nitrogens with two attached hydrogens (primary N) is 1. The van der Waals surface area contributed by atoms with E-state index in [1.54, 1.807) is 24.4 Å². The number of benzene rings is 1. The standard InChI is InChI=1S/C27H27N5O4/c28-36-25(20-7-2-8-21(16-20)32-13-3-9-22(32)17-33)19-6-1-5-18(15-19)23-11-12-29-27(30-23)31-26(34)24-10-4-14-35-24/h1-2,4-5,7-8,10-12,14-16,22,33H,3,6,9,13,17,28H2,(H,29,30,31,34)/b25-19+. The number of hydrogen-bond donors (Lipinski definition) is 3. The van der Waals surface area contributed by atoms with Crippen LogP contribution in [0.3, 0.4) is 0 Å². The second kappa shape index (κ2) is 10.6. The van der Waals surface area contributed by atoms with E-state index in [1.807, 2.05) is 42.5 Å². The number of carbonyl (C=O) groups is 1. The molecule has 0 radical (unpaired) electrons. The van der Waals surface area contributed by atoms with Crippen LogP contribution in [0.25, 0.3) is 11.3 Å². The highest BCUT2D eigenvalue weighted by Crippen LogP contribution is 2.32. The van der Waals surface area contributed by atoms with Crippen LogP contribution in [0, 0.1) is 0 Å². The molecule has 1 aromatic carbocycles. The van der Waals surface area contributed by atoms with Crippen molar-refractivity contribution >= 4 is 28.9 Å². The van der Waals surface area contributed by atoms with E-state index >= 15 is 0 Å². The van der Waals surface area contributed by atoms with Crippen LogP contribution < -0.4 is 16.1 Å². The van der Waals surface area contributed by atoms with Crippen LogP contribution in [-0.4, -0.2) is 40.2 Å². The van der Waals surface area contributed by atoms with Gasteiger partial charge in [-0.15, -0.1) is 0 Å². The van der Waals surface area contributed by atoms with E-state index < -0.39 is 5.91 Å². The van der Waals surface area contributed by atoms with Crippen LogP contribution >= 0.6 is 0 Å². The summed E-state index contributed by atoms with van der Waals surface area (Å²) >= 11 is 0. The van der Waals surface area contributed by atoms with Crippen molar-refractivity contribution in [3.05, 3.63) is 95.7 Å². The molecular weight excluding hydrogens is 458 g/mol. The number of hydrogen-bond acceptors (Lipinski definition) is 8. The Morgan fingerprint density at radius 2 is 2.19 bits per heavy atom. The van der Waals surface area contributed by atoms with Crippen molar-refractivity contribution < 1.29 is 19.2 Å². The third kappa shape index (κ3) is 4.93. The number of allylic oxidation sites excluding steroid dienone is 5. The molecule has 4 N–H and O–H groups in total. The van der Waals surface area contributed by atoms with Gasteiger partial charge in [-0.25, -0.2) is 9.97 Å². The van der Waals surface area contributed by atoms with E-state index in [9.17, 15) is 9.90 Å². The van der Waals surface area contributed by atoms with Gasteiger partial charge in [0, 0.05) is 35.1 Å². The van der Waals surface area contributed by atoms with Gasteiger partial charge in [0.05, 0.1) is 24.6 Å². The molecule has 3 aromatic rings. The summed E-state index contributed by atoms with van der Waals surface area (Å²) < 4.78 is 5.12. The van der Waals surface area contributed by atoms with Gasteiger partial charge in [0.2, 0.25) is 5.95 Å². The normalized spacial score (nSPS) is 18.7. The quantitative estimate of drug-likeness (QED) is 0.339. The van der Waals surface area contributed by atoms with Gasteiger partial charge in [0.15, 0.2) is 11.5 Å². The third-order valence-corrected chi connectivity index (χ3v) is 6.32. The molecule has 2 aromatic heterocycles. The number of aliphatic hydroxyl groups excluding tert-OH is 1. The topological polar surface area (TPSA) is 127 Å². The van der Waals surface area contributed by atoms with Crippen LogP contribution in [0.15, 0.2) is 83.1 Å². The van der Waals surface area contributed by atoms with Crippen LogP contribution in [0.5, 0.6) is 0 Å². The van der Waals surface area contributed by atoms with E-state index in [-0.39, 0.29) is 24.4 Å². The van der Waals surface area contributed by atoms with Gasteiger partial charge in [-0.1, -0.05) is 24.3 Å². The maximum Gasteiger partial charge on any atom is 0.293 e. The van der Waals surface area contributed by atoms with Gasteiger partial charge < -0.3 is 19.3 Å². The van der Waals surface area contributed by atoms with Gasteiger partial charge >= 0.3 is 0 Å². The predicted octanol–water partition coefficient (Wildman–Crippen LogP) is 3.93. The van der Waals surface area contributed by atoms with Gasteiger partial charge in [-0.3, -0.25) is 10.1 Å². The zero-order valence-electron chi connectivity index (χ0n) is 19.6. The van der Waals surface area contributed by atoms with E-state index in [4.69, 9.17) is 15.2 Å². The lowest BCUT2D eigenvalue weighted by atomic mass is 9.96. The second-order valence-corrected chi connectivity index (χ2v) is 8.60. The molecule has 1 atom stereocenters. The Balaban J connectivity index is 1.43. The number of carbonyl (C=O) groups excluding carboxylic acids is 1. The minimum Gasteiger partial charge on any atom is -0.459 e. The molecule has 1 fully saturated rings. The predicted molar refractivity (Wildman–Crippen MR) is 137 cm³/mol. The van der Waals surface area contributed by atoms with Gasteiger partial charge in [-0.2, -0.15) is 5.90 Å². The van der Waals surface area contributed by atoms with E-state index in [0.29, 0.717) is 17.9 Å². The monoisotopic (exact) mass is 485 g/mol. The van der Waals surface area contributed by atoms with Crippen molar-refractivity contribution in [2.45, 2.75) is 25.3 Å². The number of aromatic nitrogens is 2. The van der Waals surface area contributed by atoms with E-state index in [0.717, 1.165) is 41.8 Å². The van der Waals surface area contributed by atoms with Crippen LogP contribution in [0.4, 0.5) is 11.6 Å². The Morgan fingerprint density at radius 1 is 1.28 bits per heavy atom. The maximum atomic E-state index is 12.3. The molecule has 1 unspecified atom stereocenters. The summed E-state index contributed by atoms with van der Waals surface area (Å²) in [6, 6.07) is 13.1. The summed E-state index contributed by atoms with van der Waals surface area (Å²) in [6.07, 6.45) is 11.6. The summed E-state index contributed by atoms with van der Waals surface area (Å²) in [5.41, 5.74) is 4.25. The Kier molecular flexibility index (Phi) is 6.92. The summed E-state index contributed by atoms with van der Waals surface area (Å²) in [6.45, 7) is 1.04. The van der Waals surface area contributed by atoms with Crippen molar-refractivity contribution in [3.8, 4) is 0 Å². The first-order valence-corrected chi connectivity index (χ1v) is 11.8. The van der Waals surface area contributed by atoms with Crippen molar-refractivity contribution in [3.63, 3.8) is 0 Å². The number of aliphatic hydroxyl groups is 1. The third-order valence-electron chi connectivity index (χ3n) is 6.32. The maximum absolute atomic E-state index is 12.3. The zero-order chi connectivity index (χ0) is 24.9. The van der Waals surface area contributed by atoms with Crippen molar-refractivity contribution in [2.75, 3.05) is 23.4 Å². The lowest BCUT2D eigenvalue weighted by Crippen LogP contribution is -2.32. The molecule has 9 nitrogen and oxygen atoms in total. The Hall–Kier alpha value is -4.21. The number of nitrogens with zero attached hydrogens (tertiary/aromatic N) is 3. The minimum atomic E-state index is -0.425. The SMILES string of the molecule is NO/C(=C1/C=C(c2ccnc(NC(=O)c3ccco3)n2)C=CC1)c1cccc(N2CCCC2CO)c1. The fourth-order valence-electron chi connectivity index (χ4n) is 4.60. The van der Waals surface area contributed by atoms with Crippen LogP contribution in [0.2, 0.25) is 0 Å². The van der Waals surface area contributed by atoms with Crippen molar-refractivity contribution in [1.29, 1.82) is 0 Å². The summed E-state index contributed by atoms with van der Waals surface area (Å²) in [7, 11) is 0. The lowest BCUT2D eigenvalue weighted by molar-refractivity contribution is 0.0996. The minimum absolute atomic E-state index is 0.125. The Bertz CT molecular complexity index is 1330. The number of nitrogens with one attached hydrogen (secondary N) is 1. The highest BCUT2D eigenvalue weighted by atomic mass is 16.6. The highest BCUT2D eigenvalue weighted by Gasteiger charge is 2.24. The lowest BCUT2D eigenvalue weighted by Gasteiger charge is -2.26. The highest BCUT2D eigenvalue weighted by molar-refractivity contribution is 6.01. The first-order chi connectivity index (χ1) is 17.7. The fourth-order valence-corrected chi connectivity index (χ4v) is 4.60. The number of amides is 1. The molecule has 36 heavy (non-hydrogen) atoms. The molecule has 3 heterocycles. The second-order valence-electron chi connectivity index (χ2n) is 8.60. The molecule has 0 bridgehead atoms. The molecule has 5 rings (SSSR count). The Morgan fingerprint density at radius 3 is 3.00 bits per heavy atom. The molecule has 1 amide bonds. The molecule has 9 heteroatoms. The first-order valence-electron chi connectivity index (χ1n) is 11.8. The average molecular weight is 486 g/mol. The number of anilines is 2. The van der Waals surface area contributed by atoms with Crippen LogP contribution in [0.1, 0.15) is 41.1 Å². The van der Waals surface area contributed by atoms with Crippen molar-refractivity contribution in [2.24, 2.45) is 5.90 Å². The van der Waals surface area contributed by atoms with Gasteiger partial charge in [0.1, 0.15) is 0 Å². The van der Waals surface area contributed by atoms with Gasteiger partial charge in [-0.05, 0) is 55.7 Å². The fraction of sp³-hybridized carbons (Fsp3) is 0.222. The Labute approximate surface area is 208 Å².